The highest BCUT2D eigenvalue weighted by molar-refractivity contribution is 5.94. The minimum absolute atomic E-state index is 0.0291. The summed E-state index contributed by atoms with van der Waals surface area (Å²) in [4.78, 5) is 32.5. The molecule has 31 heavy (non-hydrogen) atoms. The zero-order valence-electron chi connectivity index (χ0n) is 17.4. The molecule has 0 atom stereocenters. The van der Waals surface area contributed by atoms with E-state index in [1.165, 1.54) is 6.92 Å². The second kappa shape index (κ2) is 9.53. The summed E-state index contributed by atoms with van der Waals surface area (Å²) in [5.74, 6) is 0.835. The van der Waals surface area contributed by atoms with Gasteiger partial charge >= 0.3 is 0 Å². The number of hydrogen-bond acceptors (Lipinski definition) is 7. The van der Waals surface area contributed by atoms with Crippen LogP contribution in [0.5, 0.6) is 5.75 Å². The lowest BCUT2D eigenvalue weighted by molar-refractivity contribution is 0.0618. The highest BCUT2D eigenvalue weighted by Crippen LogP contribution is 2.17. The second-order valence-corrected chi connectivity index (χ2v) is 7.48. The van der Waals surface area contributed by atoms with E-state index >= 15 is 0 Å². The maximum Gasteiger partial charge on any atom is 0.276 e. The molecular weight excluding hydrogens is 396 g/mol. The van der Waals surface area contributed by atoms with Crippen molar-refractivity contribution in [2.75, 3.05) is 26.2 Å². The average molecular weight is 420 g/mol. The van der Waals surface area contributed by atoms with Gasteiger partial charge in [0.05, 0.1) is 0 Å². The van der Waals surface area contributed by atoms with Crippen LogP contribution in [0, 0.1) is 0 Å². The van der Waals surface area contributed by atoms with Crippen LogP contribution in [0.2, 0.25) is 0 Å². The zero-order chi connectivity index (χ0) is 21.6. The largest absolute Gasteiger partial charge is 0.486 e. The molecule has 3 aromatic rings. The molecule has 8 nitrogen and oxygen atoms in total. The number of benzene rings is 1. The van der Waals surface area contributed by atoms with Crippen molar-refractivity contribution in [3.05, 3.63) is 77.4 Å². The molecule has 0 radical (unpaired) electrons. The topological polar surface area (TPSA) is 88.8 Å². The molecule has 160 valence electrons. The lowest BCUT2D eigenvalue weighted by Gasteiger charge is -2.34. The first kappa shape index (κ1) is 20.7. The van der Waals surface area contributed by atoms with Crippen LogP contribution in [0.4, 0.5) is 0 Å². The highest BCUT2D eigenvalue weighted by atomic mass is 16.5. The Hall–Kier alpha value is -3.52. The summed E-state index contributed by atoms with van der Waals surface area (Å²) in [6.07, 6.45) is 3.63. The van der Waals surface area contributed by atoms with E-state index in [0.29, 0.717) is 30.2 Å². The third-order valence-corrected chi connectivity index (χ3v) is 5.19. The van der Waals surface area contributed by atoms with Gasteiger partial charge in [0.25, 0.3) is 5.91 Å². The number of ketones is 1. The molecule has 0 spiro atoms. The summed E-state index contributed by atoms with van der Waals surface area (Å²) in [5.41, 5.74) is 2.02. The Bertz CT molecular complexity index is 1040. The molecule has 0 aliphatic carbocycles. The number of piperazine rings is 1. The SMILES string of the molecule is CC(=O)c1cccc(OCc2cc(C(=O)N3CCN(Cc4cccnc4)CC3)no2)c1. The number of hydrogen-bond donors (Lipinski definition) is 0. The number of Topliss-reactive ketones (excluding diaryl/α,β-unsaturated/α-hetero) is 1. The Kier molecular flexibility index (Phi) is 6.37. The second-order valence-electron chi connectivity index (χ2n) is 7.48. The number of pyridine rings is 1. The van der Waals surface area contributed by atoms with Crippen LogP contribution in [-0.2, 0) is 13.2 Å². The van der Waals surface area contributed by atoms with Gasteiger partial charge in [0.1, 0.15) is 12.4 Å². The molecule has 8 heteroatoms. The minimum Gasteiger partial charge on any atom is -0.486 e. The van der Waals surface area contributed by atoms with E-state index in [1.807, 2.05) is 12.3 Å². The smallest absolute Gasteiger partial charge is 0.276 e. The fourth-order valence-electron chi connectivity index (χ4n) is 3.46. The summed E-state index contributed by atoms with van der Waals surface area (Å²) in [6.45, 7) is 5.31. The Labute approximate surface area is 180 Å². The van der Waals surface area contributed by atoms with Crippen LogP contribution in [0.25, 0.3) is 0 Å². The van der Waals surface area contributed by atoms with Gasteiger partial charge in [0, 0.05) is 56.7 Å². The molecule has 1 aliphatic heterocycles. The molecule has 3 heterocycles. The summed E-state index contributed by atoms with van der Waals surface area (Å²) >= 11 is 0. The van der Waals surface area contributed by atoms with Crippen LogP contribution in [0.15, 0.2) is 59.4 Å². The maximum atomic E-state index is 12.8. The van der Waals surface area contributed by atoms with Crippen molar-refractivity contribution < 1.29 is 18.8 Å². The van der Waals surface area contributed by atoms with Crippen LogP contribution in [0.1, 0.15) is 39.1 Å². The van der Waals surface area contributed by atoms with Gasteiger partial charge in [-0.3, -0.25) is 19.5 Å². The van der Waals surface area contributed by atoms with E-state index in [1.54, 1.807) is 41.4 Å². The number of ether oxygens (including phenoxy) is 1. The normalized spacial score (nSPS) is 14.4. The molecule has 2 aromatic heterocycles. The lowest BCUT2D eigenvalue weighted by Crippen LogP contribution is -2.48. The van der Waals surface area contributed by atoms with Crippen molar-refractivity contribution in [2.45, 2.75) is 20.1 Å². The zero-order valence-corrected chi connectivity index (χ0v) is 17.4. The summed E-state index contributed by atoms with van der Waals surface area (Å²) in [6, 6.07) is 12.5. The third-order valence-electron chi connectivity index (χ3n) is 5.19. The molecule has 1 aromatic carbocycles. The number of amides is 1. The third kappa shape index (κ3) is 5.35. The van der Waals surface area contributed by atoms with Gasteiger partial charge in [-0.15, -0.1) is 0 Å². The van der Waals surface area contributed by atoms with Crippen LogP contribution >= 0.6 is 0 Å². The monoisotopic (exact) mass is 420 g/mol. The molecule has 1 amide bonds. The van der Waals surface area contributed by atoms with E-state index in [0.717, 1.165) is 25.2 Å². The molecule has 0 N–H and O–H groups in total. The molecule has 1 fully saturated rings. The van der Waals surface area contributed by atoms with Crippen LogP contribution < -0.4 is 4.74 Å². The average Bonchev–Trinajstić information content (AvgIpc) is 3.28. The molecule has 1 aliphatic rings. The fraction of sp³-hybridized carbons (Fsp3) is 0.304. The maximum absolute atomic E-state index is 12.8. The van der Waals surface area contributed by atoms with Gasteiger partial charge in [-0.1, -0.05) is 23.4 Å². The first-order valence-corrected chi connectivity index (χ1v) is 10.2. The van der Waals surface area contributed by atoms with Crippen molar-refractivity contribution in [2.24, 2.45) is 0 Å². The number of carbonyl (C=O) groups excluding carboxylic acids is 2. The Morgan fingerprint density at radius 3 is 2.68 bits per heavy atom. The molecule has 1 saturated heterocycles. The highest BCUT2D eigenvalue weighted by Gasteiger charge is 2.24. The van der Waals surface area contributed by atoms with Gasteiger partial charge < -0.3 is 14.2 Å². The van der Waals surface area contributed by atoms with Crippen LogP contribution in [0.3, 0.4) is 0 Å². The van der Waals surface area contributed by atoms with E-state index < -0.39 is 0 Å². The van der Waals surface area contributed by atoms with E-state index in [9.17, 15) is 9.59 Å². The van der Waals surface area contributed by atoms with E-state index in [4.69, 9.17) is 9.26 Å². The van der Waals surface area contributed by atoms with Crippen molar-refractivity contribution in [3.8, 4) is 5.75 Å². The molecular formula is C23H24N4O4. The molecule has 0 saturated carbocycles. The van der Waals surface area contributed by atoms with Gasteiger partial charge in [-0.25, -0.2) is 0 Å². The van der Waals surface area contributed by atoms with Crippen LogP contribution in [-0.4, -0.2) is 57.8 Å². The quantitative estimate of drug-likeness (QED) is 0.543. The predicted octanol–water partition coefficient (Wildman–Crippen LogP) is 2.81. The molecule has 0 bridgehead atoms. The standard InChI is InChI=1S/C23H24N4O4/c1-17(28)19-5-2-6-20(12-19)30-16-21-13-22(25-31-21)23(29)27-10-8-26(9-11-27)15-18-4-3-7-24-14-18/h2-7,12-14H,8-11,15-16H2,1H3. The first-order valence-electron chi connectivity index (χ1n) is 10.2. The predicted molar refractivity (Wildman–Crippen MR) is 113 cm³/mol. The van der Waals surface area contributed by atoms with Gasteiger partial charge in [-0.05, 0) is 30.7 Å². The van der Waals surface area contributed by atoms with Crippen molar-refractivity contribution in [3.63, 3.8) is 0 Å². The summed E-state index contributed by atoms with van der Waals surface area (Å²) in [5, 5.41) is 3.91. The summed E-state index contributed by atoms with van der Waals surface area (Å²) < 4.78 is 10.9. The van der Waals surface area contributed by atoms with Crippen molar-refractivity contribution in [1.82, 2.24) is 19.9 Å². The fourth-order valence-corrected chi connectivity index (χ4v) is 3.46. The Morgan fingerprint density at radius 2 is 1.94 bits per heavy atom. The summed E-state index contributed by atoms with van der Waals surface area (Å²) in [7, 11) is 0. The van der Waals surface area contributed by atoms with Crippen molar-refractivity contribution >= 4 is 11.7 Å². The Morgan fingerprint density at radius 1 is 1.10 bits per heavy atom. The lowest BCUT2D eigenvalue weighted by atomic mass is 10.1. The number of nitrogens with zero attached hydrogens (tertiary/aromatic N) is 4. The van der Waals surface area contributed by atoms with E-state index in [2.05, 4.69) is 21.1 Å². The number of aromatic nitrogens is 2. The molecule has 0 unspecified atom stereocenters. The van der Waals surface area contributed by atoms with Gasteiger partial charge in [0.2, 0.25) is 0 Å². The number of rotatable bonds is 7. The molecule has 4 rings (SSSR count). The minimum atomic E-state index is -0.144. The van der Waals surface area contributed by atoms with Crippen molar-refractivity contribution in [1.29, 1.82) is 0 Å². The Balaban J connectivity index is 1.28. The van der Waals surface area contributed by atoms with Gasteiger partial charge in [-0.2, -0.15) is 0 Å². The first-order chi connectivity index (χ1) is 15.1. The number of carbonyl (C=O) groups is 2. The van der Waals surface area contributed by atoms with Gasteiger partial charge in [0.15, 0.2) is 17.2 Å². The van der Waals surface area contributed by atoms with E-state index in [-0.39, 0.29) is 24.0 Å².